The van der Waals surface area contributed by atoms with E-state index in [9.17, 15) is 4.79 Å². The summed E-state index contributed by atoms with van der Waals surface area (Å²) in [4.78, 5) is 14.8. The standard InChI is InChI=1S/C20H30N2O3/c1-15-4-5-16(2)17(8-15)10-22-11-18-12-25-14-20(18,13-22)9-19(23)21-6-7-24-3/h4-5,8,18H,6-7,9-14H2,1-3H3,(H,21,23)/t18-,20+/m1/s1. The van der Waals surface area contributed by atoms with E-state index in [0.717, 1.165) is 26.2 Å². The van der Waals surface area contributed by atoms with Gasteiger partial charge in [-0.25, -0.2) is 0 Å². The van der Waals surface area contributed by atoms with Gasteiger partial charge in [-0.3, -0.25) is 9.69 Å². The van der Waals surface area contributed by atoms with E-state index in [2.05, 4.69) is 42.3 Å². The van der Waals surface area contributed by atoms with Gasteiger partial charge in [-0.1, -0.05) is 23.8 Å². The van der Waals surface area contributed by atoms with E-state index in [1.165, 1.54) is 16.7 Å². The fourth-order valence-corrected chi connectivity index (χ4v) is 4.20. The maximum Gasteiger partial charge on any atom is 0.220 e. The molecule has 0 unspecified atom stereocenters. The highest BCUT2D eigenvalue weighted by Crippen LogP contribution is 2.44. The number of benzene rings is 1. The molecule has 1 aromatic carbocycles. The fraction of sp³-hybridized carbons (Fsp3) is 0.650. The highest BCUT2D eigenvalue weighted by molar-refractivity contribution is 5.76. The largest absolute Gasteiger partial charge is 0.383 e. The Kier molecular flexibility index (Phi) is 5.77. The average molecular weight is 346 g/mol. The van der Waals surface area contributed by atoms with Crippen LogP contribution in [0.25, 0.3) is 0 Å². The van der Waals surface area contributed by atoms with Crippen molar-refractivity contribution >= 4 is 5.91 Å². The van der Waals surface area contributed by atoms with Crippen LogP contribution in [0.5, 0.6) is 0 Å². The van der Waals surface area contributed by atoms with Crippen molar-refractivity contribution in [3.05, 3.63) is 34.9 Å². The first-order valence-electron chi connectivity index (χ1n) is 9.14. The number of amides is 1. The van der Waals surface area contributed by atoms with Crippen molar-refractivity contribution in [3.8, 4) is 0 Å². The van der Waals surface area contributed by atoms with E-state index >= 15 is 0 Å². The summed E-state index contributed by atoms with van der Waals surface area (Å²) in [6.45, 7) is 9.81. The monoisotopic (exact) mass is 346 g/mol. The minimum absolute atomic E-state index is 0.0329. The number of hydrogen-bond acceptors (Lipinski definition) is 4. The summed E-state index contributed by atoms with van der Waals surface area (Å²) in [5.41, 5.74) is 4.00. The highest BCUT2D eigenvalue weighted by Gasteiger charge is 2.51. The minimum Gasteiger partial charge on any atom is -0.383 e. The van der Waals surface area contributed by atoms with E-state index in [0.29, 0.717) is 32.1 Å². The van der Waals surface area contributed by atoms with Gasteiger partial charge in [-0.05, 0) is 25.0 Å². The van der Waals surface area contributed by atoms with Crippen LogP contribution in [0.2, 0.25) is 0 Å². The second-order valence-electron chi connectivity index (χ2n) is 7.69. The molecule has 5 heteroatoms. The number of ether oxygens (including phenoxy) is 2. The Labute approximate surface area is 150 Å². The lowest BCUT2D eigenvalue weighted by molar-refractivity contribution is -0.123. The van der Waals surface area contributed by atoms with Crippen molar-refractivity contribution in [3.63, 3.8) is 0 Å². The van der Waals surface area contributed by atoms with Crippen molar-refractivity contribution in [1.29, 1.82) is 0 Å². The molecule has 0 aliphatic carbocycles. The van der Waals surface area contributed by atoms with E-state index in [4.69, 9.17) is 9.47 Å². The maximum atomic E-state index is 12.3. The van der Waals surface area contributed by atoms with Crippen molar-refractivity contribution < 1.29 is 14.3 Å². The molecule has 2 aliphatic rings. The summed E-state index contributed by atoms with van der Waals surface area (Å²) < 4.78 is 10.8. The minimum atomic E-state index is -0.0329. The Bertz CT molecular complexity index is 619. The van der Waals surface area contributed by atoms with Gasteiger partial charge in [0.25, 0.3) is 0 Å². The van der Waals surface area contributed by atoms with Gasteiger partial charge in [0.05, 0.1) is 19.8 Å². The zero-order valence-electron chi connectivity index (χ0n) is 15.6. The van der Waals surface area contributed by atoms with Crippen LogP contribution < -0.4 is 5.32 Å². The lowest BCUT2D eigenvalue weighted by Gasteiger charge is -2.27. The molecule has 2 heterocycles. The van der Waals surface area contributed by atoms with Crippen LogP contribution in [-0.2, 0) is 20.8 Å². The molecule has 25 heavy (non-hydrogen) atoms. The number of nitrogens with zero attached hydrogens (tertiary/aromatic N) is 1. The molecule has 0 bridgehead atoms. The smallest absolute Gasteiger partial charge is 0.220 e. The SMILES string of the molecule is COCCNC(=O)C[C@]12COC[C@H]1CN(Cc1cc(C)ccc1C)C2. The first kappa shape index (κ1) is 18.4. The second kappa shape index (κ2) is 7.85. The topological polar surface area (TPSA) is 50.8 Å². The third-order valence-electron chi connectivity index (χ3n) is 5.63. The number of fused-ring (bicyclic) bond motifs is 1. The normalized spacial score (nSPS) is 26.0. The molecule has 1 aromatic rings. The Balaban J connectivity index is 1.63. The van der Waals surface area contributed by atoms with Gasteiger partial charge >= 0.3 is 0 Å². The molecule has 5 nitrogen and oxygen atoms in total. The predicted octanol–water partition coefficient (Wildman–Crippen LogP) is 1.90. The number of carbonyl (C=O) groups is 1. The van der Waals surface area contributed by atoms with Gasteiger partial charge in [0.2, 0.25) is 5.91 Å². The molecule has 1 amide bonds. The van der Waals surface area contributed by atoms with Crippen LogP contribution >= 0.6 is 0 Å². The molecular weight excluding hydrogens is 316 g/mol. The molecule has 3 rings (SSSR count). The second-order valence-corrected chi connectivity index (χ2v) is 7.69. The van der Waals surface area contributed by atoms with Crippen LogP contribution in [-0.4, -0.2) is 57.4 Å². The van der Waals surface area contributed by atoms with E-state index in [1.54, 1.807) is 7.11 Å². The Morgan fingerprint density at radius 1 is 1.44 bits per heavy atom. The third-order valence-corrected chi connectivity index (χ3v) is 5.63. The molecule has 2 saturated heterocycles. The number of likely N-dealkylation sites (tertiary alicyclic amines) is 1. The molecule has 1 N–H and O–H groups in total. The molecular formula is C20H30N2O3. The lowest BCUT2D eigenvalue weighted by atomic mass is 9.78. The summed E-state index contributed by atoms with van der Waals surface area (Å²) >= 11 is 0. The van der Waals surface area contributed by atoms with Gasteiger partial charge in [0.15, 0.2) is 0 Å². The number of methoxy groups -OCH3 is 1. The van der Waals surface area contributed by atoms with Gasteiger partial charge in [-0.15, -0.1) is 0 Å². The van der Waals surface area contributed by atoms with Crippen molar-refractivity contribution in [2.45, 2.75) is 26.8 Å². The number of carbonyl (C=O) groups excluding carboxylic acids is 1. The summed E-state index contributed by atoms with van der Waals surface area (Å²) in [7, 11) is 1.65. The fourth-order valence-electron chi connectivity index (χ4n) is 4.20. The van der Waals surface area contributed by atoms with Crippen LogP contribution in [0.1, 0.15) is 23.1 Å². The van der Waals surface area contributed by atoms with E-state index < -0.39 is 0 Å². The molecule has 138 valence electrons. The maximum absolute atomic E-state index is 12.3. The Morgan fingerprint density at radius 2 is 2.28 bits per heavy atom. The summed E-state index contributed by atoms with van der Waals surface area (Å²) in [5.74, 6) is 0.562. The summed E-state index contributed by atoms with van der Waals surface area (Å²) in [6, 6.07) is 6.64. The molecule has 2 atom stereocenters. The highest BCUT2D eigenvalue weighted by atomic mass is 16.5. The number of nitrogens with one attached hydrogen (secondary N) is 1. The molecule has 2 fully saturated rings. The average Bonchev–Trinajstić information content (AvgIpc) is 3.07. The first-order chi connectivity index (χ1) is 12.0. The number of rotatable bonds is 7. The lowest BCUT2D eigenvalue weighted by Crippen LogP contribution is -2.38. The van der Waals surface area contributed by atoms with Crippen molar-refractivity contribution in [1.82, 2.24) is 10.2 Å². The number of hydrogen-bond donors (Lipinski definition) is 1. The molecule has 0 aromatic heterocycles. The van der Waals surface area contributed by atoms with E-state index in [1.807, 2.05) is 0 Å². The summed E-state index contributed by atoms with van der Waals surface area (Å²) in [6.07, 6.45) is 0.546. The van der Waals surface area contributed by atoms with E-state index in [-0.39, 0.29) is 11.3 Å². The van der Waals surface area contributed by atoms with Gasteiger partial charge < -0.3 is 14.8 Å². The Morgan fingerprint density at radius 3 is 3.08 bits per heavy atom. The van der Waals surface area contributed by atoms with Crippen LogP contribution in [0.3, 0.4) is 0 Å². The summed E-state index contributed by atoms with van der Waals surface area (Å²) in [5, 5.41) is 2.96. The zero-order chi connectivity index (χ0) is 17.9. The quantitative estimate of drug-likeness (QED) is 0.766. The first-order valence-corrected chi connectivity index (χ1v) is 9.14. The number of aryl methyl sites for hydroxylation is 2. The predicted molar refractivity (Wildman–Crippen MR) is 97.4 cm³/mol. The van der Waals surface area contributed by atoms with Crippen molar-refractivity contribution in [2.24, 2.45) is 11.3 Å². The van der Waals surface area contributed by atoms with Gasteiger partial charge in [-0.2, -0.15) is 0 Å². The molecule has 2 aliphatic heterocycles. The van der Waals surface area contributed by atoms with Crippen LogP contribution in [0.4, 0.5) is 0 Å². The van der Waals surface area contributed by atoms with Gasteiger partial charge in [0.1, 0.15) is 0 Å². The zero-order valence-corrected chi connectivity index (χ0v) is 15.6. The molecule has 0 radical (unpaired) electrons. The van der Waals surface area contributed by atoms with Gasteiger partial charge in [0, 0.05) is 51.0 Å². The van der Waals surface area contributed by atoms with Crippen LogP contribution in [0.15, 0.2) is 18.2 Å². The van der Waals surface area contributed by atoms with Crippen LogP contribution in [0, 0.1) is 25.2 Å². The molecule has 0 spiro atoms. The molecule has 0 saturated carbocycles. The third kappa shape index (κ3) is 4.22. The Hall–Kier alpha value is -1.43. The van der Waals surface area contributed by atoms with Crippen molar-refractivity contribution in [2.75, 3.05) is 46.6 Å².